The summed E-state index contributed by atoms with van der Waals surface area (Å²) in [5.41, 5.74) is 0.908. The zero-order valence-corrected chi connectivity index (χ0v) is 9.23. The largest absolute Gasteiger partial charge is 0.497 e. The lowest BCUT2D eigenvalue weighted by atomic mass is 10.2. The maximum atomic E-state index is 9.80. The molecule has 1 aromatic carbocycles. The number of hydrogen-bond donors (Lipinski definition) is 0. The van der Waals surface area contributed by atoms with Gasteiger partial charge in [0.15, 0.2) is 0 Å². The van der Waals surface area contributed by atoms with Gasteiger partial charge in [-0.05, 0) is 23.8 Å². The van der Waals surface area contributed by atoms with Gasteiger partial charge in [-0.2, -0.15) is 0 Å². The highest BCUT2D eigenvalue weighted by molar-refractivity contribution is 5.55. The van der Waals surface area contributed by atoms with Gasteiger partial charge in [-0.15, -0.1) is 0 Å². The summed E-state index contributed by atoms with van der Waals surface area (Å²) in [6.45, 7) is 1.55. The van der Waals surface area contributed by atoms with Gasteiger partial charge in [0.05, 0.1) is 14.2 Å². The fourth-order valence-corrected chi connectivity index (χ4v) is 1.19. The first-order valence-electron chi connectivity index (χ1n) is 4.68. The van der Waals surface area contributed by atoms with Crippen LogP contribution in [0.15, 0.2) is 24.3 Å². The molecule has 4 heteroatoms. The number of benzene rings is 1. The van der Waals surface area contributed by atoms with Crippen molar-refractivity contribution in [1.82, 2.24) is 0 Å². The Kier molecular flexibility index (Phi) is 4.92. The normalized spacial score (nSPS) is 10.1. The van der Waals surface area contributed by atoms with Crippen LogP contribution in [0.3, 0.4) is 0 Å². The van der Waals surface area contributed by atoms with E-state index < -0.39 is 0 Å². The molecule has 85 valence electrons. The SMILES string of the molecule is COc1cc(/C=C/CO[C]=O)cc(OC)c1. The number of methoxy groups -OCH3 is 2. The van der Waals surface area contributed by atoms with Crippen LogP contribution in [0.1, 0.15) is 5.56 Å². The maximum Gasteiger partial charge on any atom is 0.417 e. The highest BCUT2D eigenvalue weighted by atomic mass is 16.5. The van der Waals surface area contributed by atoms with E-state index in [1.807, 2.05) is 18.2 Å². The molecular weight excluding hydrogens is 208 g/mol. The second-order valence-corrected chi connectivity index (χ2v) is 2.94. The molecule has 0 N–H and O–H groups in total. The van der Waals surface area contributed by atoms with Crippen molar-refractivity contribution in [2.24, 2.45) is 0 Å². The molecule has 0 heterocycles. The lowest BCUT2D eigenvalue weighted by Gasteiger charge is -2.05. The van der Waals surface area contributed by atoms with Crippen LogP contribution in [0.4, 0.5) is 0 Å². The van der Waals surface area contributed by atoms with E-state index in [4.69, 9.17) is 9.47 Å². The first-order chi connectivity index (χ1) is 7.80. The zero-order valence-electron chi connectivity index (χ0n) is 9.23. The monoisotopic (exact) mass is 221 g/mol. The van der Waals surface area contributed by atoms with E-state index in [2.05, 4.69) is 4.74 Å². The molecule has 1 rings (SSSR count). The fraction of sp³-hybridized carbons (Fsp3) is 0.250. The standard InChI is InChI=1S/C12H13O4/c1-14-11-6-10(4-3-5-16-9-13)7-12(8-11)15-2/h3-4,6-8H,5H2,1-2H3/b4-3+. The molecule has 0 spiro atoms. The Morgan fingerprint density at radius 1 is 1.19 bits per heavy atom. The molecule has 0 fully saturated rings. The molecule has 0 atom stereocenters. The summed E-state index contributed by atoms with van der Waals surface area (Å²) in [6.07, 6.45) is 3.52. The van der Waals surface area contributed by atoms with Crippen molar-refractivity contribution >= 4 is 12.5 Å². The molecule has 4 nitrogen and oxygen atoms in total. The molecule has 16 heavy (non-hydrogen) atoms. The third-order valence-electron chi connectivity index (χ3n) is 1.92. The van der Waals surface area contributed by atoms with E-state index in [0.717, 1.165) is 5.56 Å². The molecule has 1 radical (unpaired) electrons. The lowest BCUT2D eigenvalue weighted by Crippen LogP contribution is -1.89. The van der Waals surface area contributed by atoms with Crippen LogP contribution in [0.2, 0.25) is 0 Å². The van der Waals surface area contributed by atoms with Crippen molar-refractivity contribution in [2.75, 3.05) is 20.8 Å². The Morgan fingerprint density at radius 3 is 2.31 bits per heavy atom. The number of rotatable bonds is 6. The highest BCUT2D eigenvalue weighted by Crippen LogP contribution is 2.23. The summed E-state index contributed by atoms with van der Waals surface area (Å²) in [4.78, 5) is 9.80. The molecule has 0 aliphatic carbocycles. The lowest BCUT2D eigenvalue weighted by molar-refractivity contribution is 0.314. The van der Waals surface area contributed by atoms with Crippen LogP contribution in [0.25, 0.3) is 6.08 Å². The van der Waals surface area contributed by atoms with Gasteiger partial charge in [0.25, 0.3) is 0 Å². The molecule has 0 saturated heterocycles. The molecule has 0 aromatic heterocycles. The maximum absolute atomic E-state index is 9.80. The second kappa shape index (κ2) is 6.50. The van der Waals surface area contributed by atoms with E-state index in [-0.39, 0.29) is 6.61 Å². The van der Waals surface area contributed by atoms with E-state index in [9.17, 15) is 4.79 Å². The van der Waals surface area contributed by atoms with Gasteiger partial charge in [0.2, 0.25) is 0 Å². The van der Waals surface area contributed by atoms with Crippen LogP contribution < -0.4 is 9.47 Å². The van der Waals surface area contributed by atoms with Crippen LogP contribution in [0.5, 0.6) is 11.5 Å². The van der Waals surface area contributed by atoms with Crippen LogP contribution in [0, 0.1) is 0 Å². The Bertz CT molecular complexity index is 349. The van der Waals surface area contributed by atoms with Gasteiger partial charge in [0.1, 0.15) is 18.1 Å². The minimum Gasteiger partial charge on any atom is -0.497 e. The number of ether oxygens (including phenoxy) is 3. The minimum absolute atomic E-state index is 0.197. The topological polar surface area (TPSA) is 44.8 Å². The summed E-state index contributed by atoms with van der Waals surface area (Å²) in [5.74, 6) is 1.42. The average molecular weight is 221 g/mol. The molecule has 1 aromatic rings. The quantitative estimate of drug-likeness (QED) is 0.687. The van der Waals surface area contributed by atoms with Gasteiger partial charge in [0, 0.05) is 6.07 Å². The summed E-state index contributed by atoms with van der Waals surface area (Å²) in [6, 6.07) is 5.49. The van der Waals surface area contributed by atoms with Crippen molar-refractivity contribution in [2.45, 2.75) is 0 Å². The van der Waals surface area contributed by atoms with Gasteiger partial charge in [-0.3, -0.25) is 0 Å². The summed E-state index contributed by atoms with van der Waals surface area (Å²) >= 11 is 0. The molecular formula is C12H13O4. The Morgan fingerprint density at radius 2 is 1.81 bits per heavy atom. The van der Waals surface area contributed by atoms with E-state index in [1.165, 1.54) is 6.47 Å². The fourth-order valence-electron chi connectivity index (χ4n) is 1.19. The predicted molar refractivity (Wildman–Crippen MR) is 60.2 cm³/mol. The molecule has 0 unspecified atom stereocenters. The number of carbonyl (C=O) groups excluding carboxylic acids is 1. The van der Waals surface area contributed by atoms with Crippen molar-refractivity contribution in [3.8, 4) is 11.5 Å². The molecule has 0 amide bonds. The highest BCUT2D eigenvalue weighted by Gasteiger charge is 1.98. The molecule has 0 aliphatic rings. The van der Waals surface area contributed by atoms with E-state index in [1.54, 1.807) is 26.4 Å². The van der Waals surface area contributed by atoms with Gasteiger partial charge < -0.3 is 14.2 Å². The van der Waals surface area contributed by atoms with Crippen LogP contribution >= 0.6 is 0 Å². The van der Waals surface area contributed by atoms with Crippen molar-refractivity contribution in [1.29, 1.82) is 0 Å². The summed E-state index contributed by atoms with van der Waals surface area (Å²) in [5, 5.41) is 0. The second-order valence-electron chi connectivity index (χ2n) is 2.94. The number of hydrogen-bond acceptors (Lipinski definition) is 4. The Hall–Kier alpha value is -1.97. The first kappa shape index (κ1) is 12.1. The summed E-state index contributed by atoms with van der Waals surface area (Å²) in [7, 11) is 3.18. The van der Waals surface area contributed by atoms with Crippen molar-refractivity contribution in [3.63, 3.8) is 0 Å². The predicted octanol–water partition coefficient (Wildman–Crippen LogP) is 1.80. The Labute approximate surface area is 94.4 Å². The molecule has 0 bridgehead atoms. The van der Waals surface area contributed by atoms with Gasteiger partial charge >= 0.3 is 6.47 Å². The van der Waals surface area contributed by atoms with E-state index in [0.29, 0.717) is 11.5 Å². The molecule has 0 aliphatic heterocycles. The Balaban J connectivity index is 2.78. The van der Waals surface area contributed by atoms with Gasteiger partial charge in [-0.1, -0.05) is 6.08 Å². The smallest absolute Gasteiger partial charge is 0.417 e. The van der Waals surface area contributed by atoms with Crippen LogP contribution in [-0.2, 0) is 9.53 Å². The van der Waals surface area contributed by atoms with Crippen molar-refractivity contribution in [3.05, 3.63) is 29.8 Å². The van der Waals surface area contributed by atoms with Crippen molar-refractivity contribution < 1.29 is 19.0 Å². The summed E-state index contributed by atoms with van der Waals surface area (Å²) < 4.78 is 14.6. The van der Waals surface area contributed by atoms with E-state index >= 15 is 0 Å². The average Bonchev–Trinajstić information content (AvgIpc) is 2.34. The zero-order chi connectivity index (χ0) is 11.8. The van der Waals surface area contributed by atoms with Crippen LogP contribution in [-0.4, -0.2) is 27.3 Å². The minimum atomic E-state index is 0.197. The first-order valence-corrected chi connectivity index (χ1v) is 4.68. The third kappa shape index (κ3) is 3.65. The molecule has 0 saturated carbocycles. The van der Waals surface area contributed by atoms with Gasteiger partial charge in [-0.25, -0.2) is 4.79 Å². The third-order valence-corrected chi connectivity index (χ3v) is 1.92.